The number of pyridine rings is 1. The lowest BCUT2D eigenvalue weighted by molar-refractivity contribution is 0.730. The average Bonchev–Trinajstić information content (AvgIpc) is 3.06. The van der Waals surface area contributed by atoms with E-state index < -0.39 is 0 Å². The first kappa shape index (κ1) is 12.3. The van der Waals surface area contributed by atoms with Gasteiger partial charge in [0.2, 0.25) is 0 Å². The Balaban J connectivity index is 1.94. The van der Waals surface area contributed by atoms with Crippen LogP contribution < -0.4 is 9.80 Å². The van der Waals surface area contributed by atoms with Gasteiger partial charge in [0, 0.05) is 24.5 Å². The summed E-state index contributed by atoms with van der Waals surface area (Å²) in [5.41, 5.74) is 6.35. The molecule has 106 valence electrons. The molecule has 21 heavy (non-hydrogen) atoms. The van der Waals surface area contributed by atoms with E-state index in [0.29, 0.717) is 6.17 Å². The molecule has 4 rings (SSSR count). The number of para-hydroxylation sites is 2. The molecule has 0 radical (unpaired) electrons. The fraction of sp³-hybridized carbons (Fsp3) is 0.222. The lowest BCUT2D eigenvalue weighted by Gasteiger charge is -2.29. The maximum absolute atomic E-state index is 2.42. The van der Waals surface area contributed by atoms with E-state index in [1.54, 1.807) is 0 Å². The number of aryl methyl sites for hydroxylation is 1. The van der Waals surface area contributed by atoms with Crippen molar-refractivity contribution in [3.05, 3.63) is 60.4 Å². The fourth-order valence-electron chi connectivity index (χ4n) is 3.37. The molecule has 0 aliphatic carbocycles. The summed E-state index contributed by atoms with van der Waals surface area (Å²) in [6.45, 7) is 4.44. The Morgan fingerprint density at radius 3 is 2.43 bits per heavy atom. The van der Waals surface area contributed by atoms with Gasteiger partial charge in [-0.1, -0.05) is 12.1 Å². The maximum Gasteiger partial charge on any atom is 0.103 e. The van der Waals surface area contributed by atoms with Crippen LogP contribution in [0.25, 0.3) is 5.52 Å². The van der Waals surface area contributed by atoms with Crippen LogP contribution >= 0.6 is 0 Å². The highest BCUT2D eigenvalue weighted by Gasteiger charge is 2.32. The van der Waals surface area contributed by atoms with E-state index in [9.17, 15) is 0 Å². The molecular formula is C18H19N3. The highest BCUT2D eigenvalue weighted by molar-refractivity contribution is 5.84. The number of hydrogen-bond acceptors (Lipinski definition) is 2. The van der Waals surface area contributed by atoms with Crippen LogP contribution in [0.2, 0.25) is 0 Å². The van der Waals surface area contributed by atoms with Crippen molar-refractivity contribution in [1.29, 1.82) is 0 Å². The first-order valence-electron chi connectivity index (χ1n) is 7.36. The van der Waals surface area contributed by atoms with Crippen LogP contribution in [0.1, 0.15) is 12.6 Å². The standard InChI is InChI=1S/C18H19N3/c1-13-16(11-10-15-7-6-12-20(13)15)21-14(2)19(3)17-8-4-5-9-18(17)21/h4-12,14H,1-3H3/t14-/m0/s1. The summed E-state index contributed by atoms with van der Waals surface area (Å²) < 4.78 is 2.25. The summed E-state index contributed by atoms with van der Waals surface area (Å²) in [5.74, 6) is 0. The largest absolute Gasteiger partial charge is 0.353 e. The molecule has 0 fully saturated rings. The summed E-state index contributed by atoms with van der Waals surface area (Å²) in [6, 6.07) is 17.3. The Morgan fingerprint density at radius 2 is 1.62 bits per heavy atom. The quantitative estimate of drug-likeness (QED) is 0.660. The van der Waals surface area contributed by atoms with Crippen molar-refractivity contribution >= 4 is 22.6 Å². The molecular weight excluding hydrogens is 258 g/mol. The molecule has 3 nitrogen and oxygen atoms in total. The van der Waals surface area contributed by atoms with Crippen LogP contribution in [-0.2, 0) is 0 Å². The molecule has 0 bridgehead atoms. The van der Waals surface area contributed by atoms with Crippen LogP contribution in [0.5, 0.6) is 0 Å². The Hall–Kier alpha value is -2.42. The molecule has 1 aromatic carbocycles. The Labute approximate surface area is 125 Å². The molecule has 2 aromatic heterocycles. The number of nitrogens with zero attached hydrogens (tertiary/aromatic N) is 3. The van der Waals surface area contributed by atoms with Crippen molar-refractivity contribution in [3.63, 3.8) is 0 Å². The predicted octanol–water partition coefficient (Wildman–Crippen LogP) is 4.18. The molecule has 0 N–H and O–H groups in total. The Morgan fingerprint density at radius 1 is 0.857 bits per heavy atom. The van der Waals surface area contributed by atoms with Gasteiger partial charge in [-0.3, -0.25) is 0 Å². The van der Waals surface area contributed by atoms with Crippen LogP contribution in [0, 0.1) is 6.92 Å². The molecule has 1 aliphatic rings. The number of hydrogen-bond donors (Lipinski definition) is 0. The van der Waals surface area contributed by atoms with Crippen LogP contribution in [-0.4, -0.2) is 17.6 Å². The van der Waals surface area contributed by atoms with Gasteiger partial charge in [-0.25, -0.2) is 0 Å². The van der Waals surface area contributed by atoms with Gasteiger partial charge in [0.05, 0.1) is 17.1 Å². The normalized spacial score (nSPS) is 17.6. The van der Waals surface area contributed by atoms with Gasteiger partial charge in [-0.05, 0) is 50.2 Å². The average molecular weight is 277 g/mol. The molecule has 0 spiro atoms. The zero-order valence-corrected chi connectivity index (χ0v) is 12.6. The second kappa shape index (κ2) is 4.29. The van der Waals surface area contributed by atoms with Crippen molar-refractivity contribution in [3.8, 4) is 0 Å². The molecule has 0 saturated heterocycles. The van der Waals surface area contributed by atoms with Gasteiger partial charge in [-0.2, -0.15) is 0 Å². The summed E-state index contributed by atoms with van der Waals surface area (Å²) in [6.07, 6.45) is 2.44. The van der Waals surface area contributed by atoms with E-state index in [2.05, 4.69) is 89.8 Å². The summed E-state index contributed by atoms with van der Waals surface area (Å²) >= 11 is 0. The monoisotopic (exact) mass is 277 g/mol. The lowest BCUT2D eigenvalue weighted by atomic mass is 10.2. The Kier molecular flexibility index (Phi) is 2.52. The Bertz CT molecular complexity index is 818. The molecule has 3 aromatic rings. The van der Waals surface area contributed by atoms with E-state index in [4.69, 9.17) is 0 Å². The van der Waals surface area contributed by atoms with Crippen molar-refractivity contribution in [2.75, 3.05) is 16.8 Å². The molecule has 0 unspecified atom stereocenters. The van der Waals surface area contributed by atoms with Gasteiger partial charge >= 0.3 is 0 Å². The van der Waals surface area contributed by atoms with E-state index in [-0.39, 0.29) is 0 Å². The van der Waals surface area contributed by atoms with Crippen molar-refractivity contribution in [2.24, 2.45) is 0 Å². The zero-order chi connectivity index (χ0) is 14.6. The molecule has 0 saturated carbocycles. The minimum Gasteiger partial charge on any atom is -0.353 e. The zero-order valence-electron chi connectivity index (χ0n) is 12.6. The summed E-state index contributed by atoms with van der Waals surface area (Å²) in [5, 5.41) is 0. The maximum atomic E-state index is 2.42. The van der Waals surface area contributed by atoms with Crippen LogP contribution in [0.15, 0.2) is 54.7 Å². The summed E-state index contributed by atoms with van der Waals surface area (Å²) in [4.78, 5) is 4.75. The van der Waals surface area contributed by atoms with Crippen molar-refractivity contribution in [1.82, 2.24) is 4.40 Å². The van der Waals surface area contributed by atoms with Gasteiger partial charge in [0.25, 0.3) is 0 Å². The number of fused-ring (bicyclic) bond motifs is 2. The SMILES string of the molecule is Cc1c(N2c3ccccc3N(C)[C@@H]2C)ccc2cccn12. The van der Waals surface area contributed by atoms with Gasteiger partial charge in [0.15, 0.2) is 0 Å². The molecule has 3 heteroatoms. The van der Waals surface area contributed by atoms with E-state index in [1.165, 1.54) is 28.3 Å². The van der Waals surface area contributed by atoms with Gasteiger partial charge < -0.3 is 14.2 Å². The topological polar surface area (TPSA) is 10.9 Å². The highest BCUT2D eigenvalue weighted by Crippen LogP contribution is 2.43. The third-order valence-corrected chi connectivity index (χ3v) is 4.64. The summed E-state index contributed by atoms with van der Waals surface area (Å²) in [7, 11) is 2.16. The highest BCUT2D eigenvalue weighted by atomic mass is 15.4. The third kappa shape index (κ3) is 1.60. The van der Waals surface area contributed by atoms with E-state index >= 15 is 0 Å². The number of anilines is 3. The van der Waals surface area contributed by atoms with Gasteiger partial charge in [-0.15, -0.1) is 0 Å². The number of benzene rings is 1. The minimum atomic E-state index is 0.314. The first-order chi connectivity index (χ1) is 10.2. The fourth-order valence-corrected chi connectivity index (χ4v) is 3.37. The van der Waals surface area contributed by atoms with Crippen molar-refractivity contribution in [2.45, 2.75) is 20.0 Å². The number of aromatic nitrogens is 1. The van der Waals surface area contributed by atoms with Gasteiger partial charge in [0.1, 0.15) is 6.17 Å². The number of rotatable bonds is 1. The smallest absolute Gasteiger partial charge is 0.103 e. The molecule has 1 aliphatic heterocycles. The molecule has 1 atom stereocenters. The van der Waals surface area contributed by atoms with Crippen LogP contribution in [0.4, 0.5) is 17.1 Å². The third-order valence-electron chi connectivity index (χ3n) is 4.64. The molecule has 0 amide bonds. The van der Waals surface area contributed by atoms with E-state index in [0.717, 1.165) is 0 Å². The van der Waals surface area contributed by atoms with E-state index in [1.807, 2.05) is 0 Å². The minimum absolute atomic E-state index is 0.314. The second-order valence-corrected chi connectivity index (χ2v) is 5.71. The van der Waals surface area contributed by atoms with Crippen LogP contribution in [0.3, 0.4) is 0 Å². The van der Waals surface area contributed by atoms with Crippen molar-refractivity contribution < 1.29 is 0 Å². The predicted molar refractivity (Wildman–Crippen MR) is 88.6 cm³/mol. The second-order valence-electron chi connectivity index (χ2n) is 5.71. The molecule has 3 heterocycles. The lowest BCUT2D eigenvalue weighted by Crippen LogP contribution is -2.36. The first-order valence-corrected chi connectivity index (χ1v) is 7.36.